The van der Waals surface area contributed by atoms with Gasteiger partial charge < -0.3 is 20.1 Å². The molecule has 1 aromatic carbocycles. The summed E-state index contributed by atoms with van der Waals surface area (Å²) in [5.74, 6) is -0.563. The summed E-state index contributed by atoms with van der Waals surface area (Å²) < 4.78 is 10.2. The van der Waals surface area contributed by atoms with Crippen molar-refractivity contribution in [3.63, 3.8) is 0 Å². The Morgan fingerprint density at radius 1 is 1.19 bits per heavy atom. The van der Waals surface area contributed by atoms with Gasteiger partial charge in [-0.15, -0.1) is 0 Å². The first-order chi connectivity index (χ1) is 12.7. The number of benzene rings is 1. The molecule has 0 bridgehead atoms. The number of hydrogen-bond acceptors (Lipinski definition) is 5. The maximum Gasteiger partial charge on any atom is 0.410 e. The summed E-state index contributed by atoms with van der Waals surface area (Å²) in [5, 5.41) is 5.49. The maximum atomic E-state index is 12.7. The molecular weight excluding hydrogens is 350 g/mol. The Balaban J connectivity index is 2.01. The van der Waals surface area contributed by atoms with E-state index in [0.29, 0.717) is 24.3 Å². The molecule has 0 unspecified atom stereocenters. The highest BCUT2D eigenvalue weighted by Gasteiger charge is 2.36. The second-order valence-electron chi connectivity index (χ2n) is 7.38. The molecule has 8 heteroatoms. The molecule has 8 nitrogen and oxygen atoms in total. The van der Waals surface area contributed by atoms with Gasteiger partial charge in [0.1, 0.15) is 18.2 Å². The molecule has 1 aromatic rings. The Hall–Kier alpha value is -2.61. The Kier molecular flexibility index (Phi) is 6.79. The zero-order valence-electron chi connectivity index (χ0n) is 16.2. The van der Waals surface area contributed by atoms with Crippen LogP contribution < -0.4 is 10.6 Å². The average Bonchev–Trinajstić information content (AvgIpc) is 3.03. The number of nitrogens with one attached hydrogen (secondary N) is 2. The highest BCUT2D eigenvalue weighted by atomic mass is 16.6. The molecule has 0 aromatic heterocycles. The third-order valence-electron chi connectivity index (χ3n) is 3.87. The summed E-state index contributed by atoms with van der Waals surface area (Å²) in [4.78, 5) is 38.1. The lowest BCUT2D eigenvalue weighted by atomic mass is 10.2. The molecule has 1 atom stereocenters. The van der Waals surface area contributed by atoms with E-state index in [4.69, 9.17) is 9.47 Å². The fourth-order valence-corrected chi connectivity index (χ4v) is 2.81. The van der Waals surface area contributed by atoms with Crippen LogP contribution in [0.1, 0.15) is 33.6 Å². The third-order valence-corrected chi connectivity index (χ3v) is 3.87. The average molecular weight is 377 g/mol. The molecule has 2 rings (SSSR count). The highest BCUT2D eigenvalue weighted by Crippen LogP contribution is 2.23. The van der Waals surface area contributed by atoms with E-state index in [9.17, 15) is 14.4 Å². The van der Waals surface area contributed by atoms with Crippen molar-refractivity contribution in [3.05, 3.63) is 24.3 Å². The van der Waals surface area contributed by atoms with Crippen LogP contribution in [0, 0.1) is 0 Å². The van der Waals surface area contributed by atoms with E-state index < -0.39 is 17.7 Å². The van der Waals surface area contributed by atoms with Crippen LogP contribution in [0.15, 0.2) is 24.3 Å². The lowest BCUT2D eigenvalue weighted by Crippen LogP contribution is -2.45. The molecule has 1 fully saturated rings. The van der Waals surface area contributed by atoms with Gasteiger partial charge in [0.2, 0.25) is 11.8 Å². The summed E-state index contributed by atoms with van der Waals surface area (Å²) in [5.41, 5.74) is 0.464. The smallest absolute Gasteiger partial charge is 0.410 e. The van der Waals surface area contributed by atoms with Gasteiger partial charge in [0.15, 0.2) is 0 Å². The van der Waals surface area contributed by atoms with Crippen molar-refractivity contribution < 1.29 is 23.9 Å². The minimum absolute atomic E-state index is 0.0521. The zero-order valence-corrected chi connectivity index (χ0v) is 16.2. The van der Waals surface area contributed by atoms with Crippen LogP contribution in [0.25, 0.3) is 0 Å². The van der Waals surface area contributed by atoms with Gasteiger partial charge >= 0.3 is 6.09 Å². The maximum absolute atomic E-state index is 12.7. The van der Waals surface area contributed by atoms with Crippen LogP contribution in [0.2, 0.25) is 0 Å². The van der Waals surface area contributed by atoms with Crippen molar-refractivity contribution in [3.8, 4) is 0 Å². The molecule has 2 N–H and O–H groups in total. The Labute approximate surface area is 159 Å². The summed E-state index contributed by atoms with van der Waals surface area (Å²) >= 11 is 0. The minimum atomic E-state index is -0.616. The molecular formula is C19H27N3O5. The predicted molar refractivity (Wildman–Crippen MR) is 102 cm³/mol. The molecule has 148 valence electrons. The van der Waals surface area contributed by atoms with Crippen LogP contribution in [0.3, 0.4) is 0 Å². The van der Waals surface area contributed by atoms with Gasteiger partial charge in [0.25, 0.3) is 0 Å². The molecule has 1 aliphatic rings. The Bertz CT molecular complexity index is 699. The van der Waals surface area contributed by atoms with Crippen LogP contribution >= 0.6 is 0 Å². The van der Waals surface area contributed by atoms with Gasteiger partial charge in [0, 0.05) is 25.0 Å². The van der Waals surface area contributed by atoms with Crippen molar-refractivity contribution in [2.75, 3.05) is 30.9 Å². The lowest BCUT2D eigenvalue weighted by molar-refractivity contribution is -0.120. The van der Waals surface area contributed by atoms with Crippen molar-refractivity contribution in [2.24, 2.45) is 0 Å². The van der Waals surface area contributed by atoms with E-state index in [1.54, 1.807) is 45.0 Å². The molecule has 27 heavy (non-hydrogen) atoms. The first-order valence-electron chi connectivity index (χ1n) is 8.89. The van der Waals surface area contributed by atoms with Crippen molar-refractivity contribution in [1.82, 2.24) is 4.90 Å². The second kappa shape index (κ2) is 8.85. The van der Waals surface area contributed by atoms with E-state index in [2.05, 4.69) is 10.6 Å². The molecule has 0 saturated carbocycles. The molecule has 0 radical (unpaired) electrons. The van der Waals surface area contributed by atoms with Crippen LogP contribution in [-0.2, 0) is 19.1 Å². The fraction of sp³-hybridized carbons (Fsp3) is 0.526. The zero-order chi connectivity index (χ0) is 20.0. The predicted octanol–water partition coefficient (Wildman–Crippen LogP) is 2.61. The van der Waals surface area contributed by atoms with E-state index >= 15 is 0 Å². The second-order valence-corrected chi connectivity index (χ2v) is 7.38. The number of hydrogen-bond donors (Lipinski definition) is 2. The lowest BCUT2D eigenvalue weighted by Gasteiger charge is -2.28. The van der Waals surface area contributed by atoms with Crippen molar-refractivity contribution in [1.29, 1.82) is 0 Å². The first-order valence-corrected chi connectivity index (χ1v) is 8.89. The minimum Gasteiger partial charge on any atom is -0.444 e. The molecule has 0 aliphatic carbocycles. The summed E-state index contributed by atoms with van der Waals surface area (Å²) in [7, 11) is 1.44. The molecule has 1 saturated heterocycles. The standard InChI is InChI=1S/C19H27N3O5/c1-19(2,3)27-18(25)22-10-6-9-15(22)17(24)21-14-8-5-7-13(11-14)20-16(23)12-26-4/h5,7-8,11,15H,6,9-10,12H2,1-4H3,(H,20,23)(H,21,24)/t15-/m0/s1. The topological polar surface area (TPSA) is 97.0 Å². The summed E-state index contributed by atoms with van der Waals surface area (Å²) in [6, 6.07) is 6.23. The van der Waals surface area contributed by atoms with Crippen molar-refractivity contribution in [2.45, 2.75) is 45.3 Å². The fourth-order valence-electron chi connectivity index (χ4n) is 2.81. The number of rotatable bonds is 5. The van der Waals surface area contributed by atoms with Crippen molar-refractivity contribution >= 4 is 29.3 Å². The molecule has 1 aliphatic heterocycles. The quantitative estimate of drug-likeness (QED) is 0.822. The van der Waals surface area contributed by atoms with Gasteiger partial charge in [-0.2, -0.15) is 0 Å². The number of anilines is 2. The monoisotopic (exact) mass is 377 g/mol. The molecule has 3 amide bonds. The van der Waals surface area contributed by atoms with E-state index in [-0.39, 0.29) is 18.4 Å². The SMILES string of the molecule is COCC(=O)Nc1cccc(NC(=O)[C@@H]2CCCN2C(=O)OC(C)(C)C)c1. The Morgan fingerprint density at radius 2 is 1.85 bits per heavy atom. The number of methoxy groups -OCH3 is 1. The number of nitrogens with zero attached hydrogens (tertiary/aromatic N) is 1. The van der Waals surface area contributed by atoms with Crippen LogP contribution in [0.5, 0.6) is 0 Å². The van der Waals surface area contributed by atoms with Gasteiger partial charge in [-0.05, 0) is 51.8 Å². The Morgan fingerprint density at radius 3 is 2.48 bits per heavy atom. The molecule has 1 heterocycles. The first kappa shape index (κ1) is 20.7. The number of ether oxygens (including phenoxy) is 2. The summed E-state index contributed by atoms with van der Waals surface area (Å²) in [6.45, 7) is 5.81. The molecule has 0 spiro atoms. The van der Waals surface area contributed by atoms with Gasteiger partial charge in [-0.25, -0.2) is 4.79 Å². The van der Waals surface area contributed by atoms with Gasteiger partial charge in [-0.3, -0.25) is 14.5 Å². The van der Waals surface area contributed by atoms with E-state index in [0.717, 1.165) is 6.42 Å². The van der Waals surface area contributed by atoms with Crippen LogP contribution in [-0.4, -0.2) is 54.7 Å². The highest BCUT2D eigenvalue weighted by molar-refractivity contribution is 5.98. The van der Waals surface area contributed by atoms with E-state index in [1.807, 2.05) is 0 Å². The third kappa shape index (κ3) is 6.25. The largest absolute Gasteiger partial charge is 0.444 e. The number of carbonyl (C=O) groups is 3. The van der Waals surface area contributed by atoms with E-state index in [1.165, 1.54) is 12.0 Å². The van der Waals surface area contributed by atoms with Gasteiger partial charge in [0.05, 0.1) is 0 Å². The number of carbonyl (C=O) groups excluding carboxylic acids is 3. The van der Waals surface area contributed by atoms with Gasteiger partial charge in [-0.1, -0.05) is 6.07 Å². The number of likely N-dealkylation sites (tertiary alicyclic amines) is 1. The summed E-state index contributed by atoms with van der Waals surface area (Å²) in [6.07, 6.45) is 0.834. The van der Waals surface area contributed by atoms with Crippen LogP contribution in [0.4, 0.5) is 16.2 Å². The normalized spacial score (nSPS) is 16.7. The number of amides is 3.